The average molecular weight is 463 g/mol. The minimum absolute atomic E-state index is 0.152. The van der Waals surface area contributed by atoms with Crippen molar-refractivity contribution in [1.29, 1.82) is 0 Å². The summed E-state index contributed by atoms with van der Waals surface area (Å²) >= 11 is 6.41. The van der Waals surface area contributed by atoms with Gasteiger partial charge in [-0.05, 0) is 49.9 Å². The lowest BCUT2D eigenvalue weighted by atomic mass is 10.0. The van der Waals surface area contributed by atoms with Gasteiger partial charge in [-0.25, -0.2) is 0 Å². The molecule has 0 spiro atoms. The molecule has 2 aliphatic heterocycles. The summed E-state index contributed by atoms with van der Waals surface area (Å²) in [5.74, 6) is 0.424. The molecule has 2 atom stereocenters. The van der Waals surface area contributed by atoms with Crippen LogP contribution in [0.5, 0.6) is 0 Å². The number of nitrogens with one attached hydrogen (secondary N) is 2. The first kappa shape index (κ1) is 23.5. The zero-order valence-electron chi connectivity index (χ0n) is 19.2. The normalized spacial score (nSPS) is 25.2. The van der Waals surface area contributed by atoms with Gasteiger partial charge in [-0.15, -0.1) is 0 Å². The largest absolute Gasteiger partial charge is 0.366 e. The van der Waals surface area contributed by atoms with Crippen LogP contribution in [0.4, 0.5) is 5.69 Å². The number of ether oxygens (including phenoxy) is 1. The van der Waals surface area contributed by atoms with E-state index in [2.05, 4.69) is 27.4 Å². The Kier molecular flexibility index (Phi) is 7.71. The SMILES string of the molecule is Cc1c(CN2CCN(C(=O)C3CCCC3)C(C)C2)cc(Cl)cc1NC(=O)C1CNCCO1. The number of halogens is 1. The van der Waals surface area contributed by atoms with E-state index in [0.29, 0.717) is 24.1 Å². The Balaban J connectivity index is 1.38. The second kappa shape index (κ2) is 10.5. The third-order valence-corrected chi connectivity index (χ3v) is 7.27. The Bertz CT molecular complexity index is 837. The van der Waals surface area contributed by atoms with Crippen molar-refractivity contribution >= 4 is 29.1 Å². The maximum Gasteiger partial charge on any atom is 0.254 e. The molecule has 0 aromatic heterocycles. The van der Waals surface area contributed by atoms with Gasteiger partial charge in [0.25, 0.3) is 5.91 Å². The molecule has 176 valence electrons. The molecule has 0 bridgehead atoms. The number of anilines is 1. The molecule has 2 heterocycles. The first-order chi connectivity index (χ1) is 15.4. The van der Waals surface area contributed by atoms with Gasteiger partial charge in [0.05, 0.1) is 6.61 Å². The highest BCUT2D eigenvalue weighted by atomic mass is 35.5. The molecule has 2 unspecified atom stereocenters. The van der Waals surface area contributed by atoms with Crippen LogP contribution in [0, 0.1) is 12.8 Å². The third kappa shape index (κ3) is 5.45. The topological polar surface area (TPSA) is 73.9 Å². The van der Waals surface area contributed by atoms with E-state index < -0.39 is 6.10 Å². The van der Waals surface area contributed by atoms with Crippen molar-refractivity contribution < 1.29 is 14.3 Å². The third-order valence-electron chi connectivity index (χ3n) is 7.05. The first-order valence-electron chi connectivity index (χ1n) is 11.9. The molecule has 1 saturated carbocycles. The van der Waals surface area contributed by atoms with Crippen molar-refractivity contribution in [1.82, 2.24) is 15.1 Å². The lowest BCUT2D eigenvalue weighted by molar-refractivity contribution is -0.140. The molecule has 32 heavy (non-hydrogen) atoms. The minimum Gasteiger partial charge on any atom is -0.366 e. The summed E-state index contributed by atoms with van der Waals surface area (Å²) < 4.78 is 5.56. The molecule has 0 radical (unpaired) electrons. The highest BCUT2D eigenvalue weighted by Gasteiger charge is 2.33. The van der Waals surface area contributed by atoms with Gasteiger partial charge in [0, 0.05) is 61.9 Å². The molecule has 2 N–H and O–H groups in total. The predicted molar refractivity (Wildman–Crippen MR) is 126 cm³/mol. The Morgan fingerprint density at radius 1 is 1.25 bits per heavy atom. The summed E-state index contributed by atoms with van der Waals surface area (Å²) in [5.41, 5.74) is 2.84. The molecular formula is C24H35ClN4O3. The molecule has 1 aromatic carbocycles. The van der Waals surface area contributed by atoms with E-state index in [-0.39, 0.29) is 17.9 Å². The van der Waals surface area contributed by atoms with Gasteiger partial charge in [0.1, 0.15) is 6.10 Å². The lowest BCUT2D eigenvalue weighted by Gasteiger charge is -2.41. The highest BCUT2D eigenvalue weighted by molar-refractivity contribution is 6.31. The number of carbonyl (C=O) groups is 2. The highest BCUT2D eigenvalue weighted by Crippen LogP contribution is 2.29. The van der Waals surface area contributed by atoms with Gasteiger partial charge in [-0.3, -0.25) is 14.5 Å². The van der Waals surface area contributed by atoms with Gasteiger partial charge in [0.15, 0.2) is 0 Å². The first-order valence-corrected chi connectivity index (χ1v) is 12.2. The van der Waals surface area contributed by atoms with Crippen molar-refractivity contribution in [3.05, 3.63) is 28.3 Å². The summed E-state index contributed by atoms with van der Waals surface area (Å²) in [6.45, 7) is 9.18. The van der Waals surface area contributed by atoms with Crippen LogP contribution < -0.4 is 10.6 Å². The van der Waals surface area contributed by atoms with E-state index in [0.717, 1.165) is 62.4 Å². The van der Waals surface area contributed by atoms with Crippen molar-refractivity contribution in [3.63, 3.8) is 0 Å². The Morgan fingerprint density at radius 3 is 2.72 bits per heavy atom. The average Bonchev–Trinajstić information content (AvgIpc) is 3.32. The van der Waals surface area contributed by atoms with Crippen LogP contribution in [0.25, 0.3) is 0 Å². The standard InChI is InChI=1S/C24H35ClN4O3/c1-16-14-28(8-9-29(16)24(31)18-5-3-4-6-18)15-19-11-20(25)12-21(17(19)2)27-23(30)22-13-26-7-10-32-22/h11-12,16,18,22,26H,3-10,13-15H2,1-2H3,(H,27,30). The van der Waals surface area contributed by atoms with Crippen LogP contribution >= 0.6 is 11.6 Å². The number of piperazine rings is 1. The number of carbonyl (C=O) groups excluding carboxylic acids is 2. The number of benzene rings is 1. The number of hydrogen-bond donors (Lipinski definition) is 2. The Hall–Kier alpha value is -1.67. The van der Waals surface area contributed by atoms with E-state index in [1.165, 1.54) is 12.8 Å². The van der Waals surface area contributed by atoms with Crippen LogP contribution in [-0.4, -0.2) is 73.1 Å². The zero-order chi connectivity index (χ0) is 22.7. The van der Waals surface area contributed by atoms with Crippen LogP contribution in [0.1, 0.15) is 43.7 Å². The van der Waals surface area contributed by atoms with E-state index in [1.54, 1.807) is 6.07 Å². The van der Waals surface area contributed by atoms with Crippen molar-refractivity contribution in [2.45, 2.75) is 58.2 Å². The summed E-state index contributed by atoms with van der Waals surface area (Å²) in [6.07, 6.45) is 3.97. The number of hydrogen-bond acceptors (Lipinski definition) is 5. The van der Waals surface area contributed by atoms with Gasteiger partial charge in [-0.2, -0.15) is 0 Å². The smallest absolute Gasteiger partial charge is 0.254 e. The van der Waals surface area contributed by atoms with Crippen LogP contribution in [0.2, 0.25) is 5.02 Å². The van der Waals surface area contributed by atoms with E-state index in [9.17, 15) is 9.59 Å². The molecule has 2 amide bonds. The number of rotatable bonds is 5. The van der Waals surface area contributed by atoms with Crippen LogP contribution in [0.15, 0.2) is 12.1 Å². The Labute approximate surface area is 195 Å². The Morgan fingerprint density at radius 2 is 2.03 bits per heavy atom. The maximum absolute atomic E-state index is 12.9. The second-order valence-electron chi connectivity index (χ2n) is 9.39. The molecule has 2 saturated heterocycles. The van der Waals surface area contributed by atoms with Gasteiger partial charge in [-0.1, -0.05) is 24.4 Å². The molecule has 8 heteroatoms. The molecule has 3 fully saturated rings. The van der Waals surface area contributed by atoms with Crippen molar-refractivity contribution in [3.8, 4) is 0 Å². The van der Waals surface area contributed by atoms with Crippen LogP contribution in [0.3, 0.4) is 0 Å². The summed E-state index contributed by atoms with van der Waals surface area (Å²) in [5, 5.41) is 6.78. The number of amides is 2. The summed E-state index contributed by atoms with van der Waals surface area (Å²) in [7, 11) is 0. The lowest BCUT2D eigenvalue weighted by Crippen LogP contribution is -2.54. The van der Waals surface area contributed by atoms with Gasteiger partial charge >= 0.3 is 0 Å². The fourth-order valence-electron chi connectivity index (χ4n) is 5.13. The fraction of sp³-hybridized carbons (Fsp3) is 0.667. The van der Waals surface area contributed by atoms with E-state index >= 15 is 0 Å². The second-order valence-corrected chi connectivity index (χ2v) is 9.82. The molecule has 1 aromatic rings. The van der Waals surface area contributed by atoms with E-state index in [4.69, 9.17) is 16.3 Å². The molecule has 3 aliphatic rings. The maximum atomic E-state index is 12.9. The number of morpholine rings is 1. The quantitative estimate of drug-likeness (QED) is 0.703. The van der Waals surface area contributed by atoms with Gasteiger partial charge < -0.3 is 20.3 Å². The molecule has 7 nitrogen and oxygen atoms in total. The monoisotopic (exact) mass is 462 g/mol. The summed E-state index contributed by atoms with van der Waals surface area (Å²) in [4.78, 5) is 30.0. The molecular weight excluding hydrogens is 428 g/mol. The molecule has 4 rings (SSSR count). The van der Waals surface area contributed by atoms with Gasteiger partial charge in [0.2, 0.25) is 5.91 Å². The van der Waals surface area contributed by atoms with E-state index in [1.807, 2.05) is 13.0 Å². The zero-order valence-corrected chi connectivity index (χ0v) is 19.9. The van der Waals surface area contributed by atoms with Crippen molar-refractivity contribution in [2.75, 3.05) is 44.6 Å². The predicted octanol–water partition coefficient (Wildman–Crippen LogP) is 2.80. The van der Waals surface area contributed by atoms with Crippen LogP contribution in [-0.2, 0) is 20.9 Å². The minimum atomic E-state index is -0.489. The fourth-order valence-corrected chi connectivity index (χ4v) is 5.37. The number of nitrogens with zero attached hydrogens (tertiary/aromatic N) is 2. The summed E-state index contributed by atoms with van der Waals surface area (Å²) in [6, 6.07) is 3.98. The van der Waals surface area contributed by atoms with Crippen molar-refractivity contribution in [2.24, 2.45) is 5.92 Å². The molecule has 1 aliphatic carbocycles.